The van der Waals surface area contributed by atoms with Crippen LogP contribution in [0.25, 0.3) is 0 Å². The molecule has 4 heterocycles. The Labute approximate surface area is 187 Å². The molecule has 2 bridgehead atoms. The number of esters is 1. The molecule has 6 rings (SSSR count). The van der Waals surface area contributed by atoms with E-state index in [1.54, 1.807) is 18.2 Å². The minimum absolute atomic E-state index is 0.104. The van der Waals surface area contributed by atoms with Crippen molar-refractivity contribution in [3.8, 4) is 0 Å². The van der Waals surface area contributed by atoms with Gasteiger partial charge >= 0.3 is 12.0 Å². The van der Waals surface area contributed by atoms with Crippen LogP contribution in [0.15, 0.2) is 42.5 Å². The Hall–Kier alpha value is -2.93. The normalized spacial score (nSPS) is 26.4. The number of methoxy groups -OCH3 is 1. The summed E-state index contributed by atoms with van der Waals surface area (Å²) in [5.74, 6) is -0.216. The minimum atomic E-state index is -0.417. The lowest BCUT2D eigenvalue weighted by Crippen LogP contribution is -2.59. The second-order valence-electron chi connectivity index (χ2n) is 9.00. The molecule has 2 amide bonds. The number of amides is 2. The third-order valence-corrected chi connectivity index (χ3v) is 7.21. The van der Waals surface area contributed by atoms with E-state index in [-0.39, 0.29) is 17.9 Å². The molecule has 1 N–H and O–H groups in total. The Balaban J connectivity index is 1.48. The molecule has 4 aliphatic rings. The van der Waals surface area contributed by atoms with Crippen LogP contribution >= 0.6 is 0 Å². The van der Waals surface area contributed by atoms with Crippen molar-refractivity contribution in [3.05, 3.63) is 70.5 Å². The number of carbonyl (C=O) groups is 2. The summed E-state index contributed by atoms with van der Waals surface area (Å²) in [6, 6.07) is 11.4. The Morgan fingerprint density at radius 1 is 1.06 bits per heavy atom. The van der Waals surface area contributed by atoms with Crippen LogP contribution in [0, 0.1) is 11.7 Å². The highest BCUT2D eigenvalue weighted by Crippen LogP contribution is 2.36. The number of urea groups is 1. The van der Waals surface area contributed by atoms with Crippen molar-refractivity contribution in [3.63, 3.8) is 0 Å². The maximum atomic E-state index is 13.7. The van der Waals surface area contributed by atoms with Gasteiger partial charge in [0.2, 0.25) is 0 Å². The molecule has 3 fully saturated rings. The lowest BCUT2D eigenvalue weighted by molar-refractivity contribution is 0.0600. The zero-order valence-electron chi connectivity index (χ0n) is 18.2. The third-order valence-electron chi connectivity index (χ3n) is 7.21. The second-order valence-corrected chi connectivity index (χ2v) is 9.00. The van der Waals surface area contributed by atoms with Crippen molar-refractivity contribution in [2.75, 3.05) is 33.3 Å². The van der Waals surface area contributed by atoms with Gasteiger partial charge in [0.1, 0.15) is 5.82 Å². The van der Waals surface area contributed by atoms with Crippen molar-refractivity contribution in [2.45, 2.75) is 31.3 Å². The molecule has 6 nitrogen and oxygen atoms in total. The number of ether oxygens (including phenoxy) is 1. The number of hydrogen-bond acceptors (Lipinski definition) is 4. The van der Waals surface area contributed by atoms with Gasteiger partial charge < -0.3 is 19.9 Å². The van der Waals surface area contributed by atoms with Crippen molar-refractivity contribution >= 4 is 12.0 Å². The molecule has 0 unspecified atom stereocenters. The average Bonchev–Trinajstić information content (AvgIpc) is 2.83. The van der Waals surface area contributed by atoms with E-state index >= 15 is 0 Å². The molecule has 0 aromatic heterocycles. The molecule has 0 spiro atoms. The molecule has 168 valence electrons. The molecule has 7 heteroatoms. The highest BCUT2D eigenvalue weighted by atomic mass is 19.1. The number of hydrogen-bond donors (Lipinski definition) is 1. The number of benzene rings is 2. The van der Waals surface area contributed by atoms with Crippen LogP contribution in [0.1, 0.15) is 45.9 Å². The SMILES string of the molecule is COC(=O)c1ccc2c(c1)[C@H](c1ccc(F)cc1)N(C(=O)N[C@H]1CN3CCC1CC3)CC2. The molecular formula is C25H28FN3O3. The Morgan fingerprint density at radius 3 is 2.47 bits per heavy atom. The fourth-order valence-corrected chi connectivity index (χ4v) is 5.45. The summed E-state index contributed by atoms with van der Waals surface area (Å²) < 4.78 is 18.6. The summed E-state index contributed by atoms with van der Waals surface area (Å²) in [5.41, 5.74) is 3.23. The van der Waals surface area contributed by atoms with E-state index in [2.05, 4.69) is 10.2 Å². The smallest absolute Gasteiger partial charge is 0.337 e. The monoisotopic (exact) mass is 437 g/mol. The van der Waals surface area contributed by atoms with Crippen molar-refractivity contribution in [2.24, 2.45) is 5.92 Å². The van der Waals surface area contributed by atoms with Crippen molar-refractivity contribution in [1.82, 2.24) is 15.1 Å². The summed E-state index contributed by atoms with van der Waals surface area (Å²) >= 11 is 0. The van der Waals surface area contributed by atoms with Crippen molar-refractivity contribution < 1.29 is 18.7 Å². The molecule has 0 aliphatic carbocycles. The Bertz CT molecular complexity index is 1020. The summed E-state index contributed by atoms with van der Waals surface area (Å²) in [6.45, 7) is 3.68. The van der Waals surface area contributed by atoms with Gasteiger partial charge in [-0.2, -0.15) is 0 Å². The minimum Gasteiger partial charge on any atom is -0.465 e. The van der Waals surface area contributed by atoms with Crippen molar-refractivity contribution in [1.29, 1.82) is 0 Å². The summed E-state index contributed by atoms with van der Waals surface area (Å²) in [5, 5.41) is 3.29. The van der Waals surface area contributed by atoms with Gasteiger partial charge in [0.15, 0.2) is 0 Å². The first-order valence-electron chi connectivity index (χ1n) is 11.3. The van der Waals surface area contributed by atoms with E-state index in [9.17, 15) is 14.0 Å². The second kappa shape index (κ2) is 8.54. The summed E-state index contributed by atoms with van der Waals surface area (Å²) in [7, 11) is 1.35. The van der Waals surface area contributed by atoms with Gasteiger partial charge in [0.25, 0.3) is 0 Å². The molecule has 3 saturated heterocycles. The predicted molar refractivity (Wildman–Crippen MR) is 118 cm³/mol. The zero-order chi connectivity index (χ0) is 22.2. The van der Waals surface area contributed by atoms with E-state index in [4.69, 9.17) is 4.74 Å². The quantitative estimate of drug-likeness (QED) is 0.748. The number of fused-ring (bicyclic) bond motifs is 4. The zero-order valence-corrected chi connectivity index (χ0v) is 18.2. The van der Waals surface area contributed by atoms with Crippen LogP contribution in [0.2, 0.25) is 0 Å². The Morgan fingerprint density at radius 2 is 1.81 bits per heavy atom. The molecule has 2 aromatic carbocycles. The number of halogens is 1. The highest BCUT2D eigenvalue weighted by molar-refractivity contribution is 5.90. The van der Waals surface area contributed by atoms with Crippen LogP contribution in [0.4, 0.5) is 9.18 Å². The maximum absolute atomic E-state index is 13.7. The molecule has 4 aliphatic heterocycles. The predicted octanol–water partition coefficient (Wildman–Crippen LogP) is 3.36. The lowest BCUT2D eigenvalue weighted by atomic mass is 9.84. The fourth-order valence-electron chi connectivity index (χ4n) is 5.45. The van der Waals surface area contributed by atoms with Crippen LogP contribution in [0.5, 0.6) is 0 Å². The van der Waals surface area contributed by atoms with Gasteiger partial charge in [-0.25, -0.2) is 14.0 Å². The molecule has 32 heavy (non-hydrogen) atoms. The number of nitrogens with zero attached hydrogens (tertiary/aromatic N) is 2. The standard InChI is InChI=1S/C25H28FN3O3/c1-32-24(30)19-3-2-16-10-13-29(23(21(16)14-19)18-4-6-20(26)7-5-18)25(31)27-22-15-28-11-8-17(22)9-12-28/h2-7,14,17,22-23H,8-13,15H2,1H3,(H,27,31)/t22-,23-/m0/s1. The van der Waals surface area contributed by atoms with E-state index in [1.165, 1.54) is 19.2 Å². The molecule has 0 radical (unpaired) electrons. The van der Waals surface area contributed by atoms with Crippen LogP contribution in [-0.4, -0.2) is 61.1 Å². The maximum Gasteiger partial charge on any atom is 0.337 e. The number of carbonyl (C=O) groups excluding carboxylic acids is 2. The van der Waals surface area contributed by atoms with Crippen LogP contribution in [-0.2, 0) is 11.2 Å². The van der Waals surface area contributed by atoms with Gasteiger partial charge in [-0.1, -0.05) is 18.2 Å². The van der Waals surface area contributed by atoms with Gasteiger partial charge in [0.05, 0.1) is 18.7 Å². The molecule has 2 atom stereocenters. The summed E-state index contributed by atoms with van der Waals surface area (Å²) in [6.07, 6.45) is 2.94. The first kappa shape index (κ1) is 20.9. The molecule has 2 aromatic rings. The fraction of sp³-hybridized carbons (Fsp3) is 0.440. The molecule has 0 saturated carbocycles. The number of piperidine rings is 3. The first-order valence-corrected chi connectivity index (χ1v) is 11.3. The van der Waals surface area contributed by atoms with Crippen LogP contribution in [0.3, 0.4) is 0 Å². The number of nitrogens with one attached hydrogen (secondary N) is 1. The highest BCUT2D eigenvalue weighted by Gasteiger charge is 2.38. The van der Waals surface area contributed by atoms with E-state index < -0.39 is 12.0 Å². The van der Waals surface area contributed by atoms with Crippen LogP contribution < -0.4 is 5.32 Å². The first-order chi connectivity index (χ1) is 15.5. The third kappa shape index (κ3) is 3.86. The van der Waals surface area contributed by atoms with E-state index in [0.29, 0.717) is 24.4 Å². The lowest BCUT2D eigenvalue weighted by Gasteiger charge is -2.46. The van der Waals surface area contributed by atoms with Gasteiger partial charge in [-0.3, -0.25) is 0 Å². The molecular weight excluding hydrogens is 409 g/mol. The topological polar surface area (TPSA) is 61.9 Å². The summed E-state index contributed by atoms with van der Waals surface area (Å²) in [4.78, 5) is 29.9. The largest absolute Gasteiger partial charge is 0.465 e. The Kier molecular flexibility index (Phi) is 5.59. The average molecular weight is 438 g/mol. The number of rotatable bonds is 3. The van der Waals surface area contributed by atoms with Gasteiger partial charge in [-0.05, 0) is 79.2 Å². The van der Waals surface area contributed by atoms with E-state index in [1.807, 2.05) is 17.0 Å². The van der Waals surface area contributed by atoms with E-state index in [0.717, 1.165) is 49.2 Å². The van der Waals surface area contributed by atoms with Gasteiger partial charge in [-0.15, -0.1) is 0 Å². The van der Waals surface area contributed by atoms with Gasteiger partial charge in [0, 0.05) is 19.1 Å².